The number of piperazine rings is 1. The number of ether oxygens (including phenoxy) is 1. The van der Waals surface area contributed by atoms with Gasteiger partial charge in [0.15, 0.2) is 5.96 Å². The van der Waals surface area contributed by atoms with E-state index in [1.54, 1.807) is 43.8 Å². The van der Waals surface area contributed by atoms with Gasteiger partial charge in [0.05, 0.1) is 5.56 Å². The molecule has 154 valence electrons. The van der Waals surface area contributed by atoms with E-state index in [1.807, 2.05) is 6.07 Å². The fourth-order valence-corrected chi connectivity index (χ4v) is 3.04. The molecule has 9 heteroatoms. The fraction of sp³-hybridized carbons (Fsp3) is 0.400. The van der Waals surface area contributed by atoms with E-state index in [-0.39, 0.29) is 5.56 Å². The molecule has 29 heavy (non-hydrogen) atoms. The molecule has 0 bridgehead atoms. The second-order valence-electron chi connectivity index (χ2n) is 6.59. The van der Waals surface area contributed by atoms with E-state index in [4.69, 9.17) is 9.73 Å². The molecule has 2 N–H and O–H groups in total. The van der Waals surface area contributed by atoms with E-state index in [2.05, 4.69) is 25.1 Å². The Bertz CT molecular complexity index is 822. The molecule has 0 unspecified atom stereocenters. The number of nitrogens with one attached hydrogen (secondary N) is 1. The maximum absolute atomic E-state index is 11.3. The van der Waals surface area contributed by atoms with Crippen LogP contribution in [0.2, 0.25) is 0 Å². The van der Waals surface area contributed by atoms with Gasteiger partial charge in [0.1, 0.15) is 0 Å². The van der Waals surface area contributed by atoms with Gasteiger partial charge in [0, 0.05) is 64.5 Å². The van der Waals surface area contributed by atoms with Crippen LogP contribution in [0.4, 0.5) is 11.6 Å². The van der Waals surface area contributed by atoms with Gasteiger partial charge < -0.3 is 25.0 Å². The van der Waals surface area contributed by atoms with Crippen molar-refractivity contribution in [2.24, 2.45) is 4.99 Å². The zero-order valence-corrected chi connectivity index (χ0v) is 16.5. The van der Waals surface area contributed by atoms with Gasteiger partial charge in [-0.1, -0.05) is 6.07 Å². The number of methoxy groups -OCH3 is 1. The summed E-state index contributed by atoms with van der Waals surface area (Å²) in [5.74, 6) is 0.508. The monoisotopic (exact) mass is 398 g/mol. The summed E-state index contributed by atoms with van der Waals surface area (Å²) in [6, 6.07) is 8.55. The molecule has 1 aromatic heterocycles. The van der Waals surface area contributed by atoms with Crippen LogP contribution >= 0.6 is 0 Å². The number of carboxylic acids is 1. The average molecular weight is 398 g/mol. The van der Waals surface area contributed by atoms with Gasteiger partial charge in [-0.2, -0.15) is 0 Å². The summed E-state index contributed by atoms with van der Waals surface area (Å²) in [5, 5.41) is 12.5. The van der Waals surface area contributed by atoms with E-state index in [1.165, 1.54) is 0 Å². The molecule has 0 radical (unpaired) electrons. The third-order valence-corrected chi connectivity index (χ3v) is 4.55. The third-order valence-electron chi connectivity index (χ3n) is 4.55. The van der Waals surface area contributed by atoms with Crippen molar-refractivity contribution in [2.75, 3.05) is 56.7 Å². The SMILES string of the molecule is COCCCN=C(Nc1cccc(C(=O)O)c1)N1CCN(c2ncccn2)CC1. The number of anilines is 2. The Balaban J connectivity index is 1.69. The maximum atomic E-state index is 11.3. The lowest BCUT2D eigenvalue weighted by Crippen LogP contribution is -2.51. The molecule has 0 saturated carbocycles. The van der Waals surface area contributed by atoms with Gasteiger partial charge >= 0.3 is 5.97 Å². The van der Waals surface area contributed by atoms with Crippen LogP contribution < -0.4 is 10.2 Å². The summed E-state index contributed by atoms with van der Waals surface area (Å²) < 4.78 is 5.10. The minimum absolute atomic E-state index is 0.236. The summed E-state index contributed by atoms with van der Waals surface area (Å²) in [5.41, 5.74) is 0.934. The summed E-state index contributed by atoms with van der Waals surface area (Å²) in [7, 11) is 1.67. The number of carbonyl (C=O) groups is 1. The molecule has 9 nitrogen and oxygen atoms in total. The Morgan fingerprint density at radius 3 is 2.66 bits per heavy atom. The van der Waals surface area contributed by atoms with Crippen molar-refractivity contribution in [3.05, 3.63) is 48.3 Å². The summed E-state index contributed by atoms with van der Waals surface area (Å²) >= 11 is 0. The van der Waals surface area contributed by atoms with Gasteiger partial charge in [-0.3, -0.25) is 4.99 Å². The van der Waals surface area contributed by atoms with Crippen LogP contribution in [0.1, 0.15) is 16.8 Å². The van der Waals surface area contributed by atoms with Gasteiger partial charge in [-0.15, -0.1) is 0 Å². The smallest absolute Gasteiger partial charge is 0.335 e. The summed E-state index contributed by atoms with van der Waals surface area (Å²) in [6.07, 6.45) is 4.30. The molecule has 2 aromatic rings. The molecular weight excluding hydrogens is 372 g/mol. The van der Waals surface area contributed by atoms with E-state index >= 15 is 0 Å². The number of rotatable bonds is 7. The Morgan fingerprint density at radius 1 is 1.21 bits per heavy atom. The summed E-state index contributed by atoms with van der Waals surface area (Å²) in [6.45, 7) is 4.33. The zero-order chi connectivity index (χ0) is 20.5. The average Bonchev–Trinajstić information content (AvgIpc) is 2.77. The summed E-state index contributed by atoms with van der Waals surface area (Å²) in [4.78, 5) is 28.9. The minimum Gasteiger partial charge on any atom is -0.478 e. The van der Waals surface area contributed by atoms with Crippen molar-refractivity contribution in [2.45, 2.75) is 6.42 Å². The minimum atomic E-state index is -0.955. The number of benzene rings is 1. The number of hydrogen-bond acceptors (Lipinski definition) is 6. The number of aromatic carboxylic acids is 1. The Hall–Kier alpha value is -3.20. The molecular formula is C20H26N6O3. The third kappa shape index (κ3) is 5.89. The second kappa shape index (κ2) is 10.4. The normalized spacial score (nSPS) is 14.7. The largest absolute Gasteiger partial charge is 0.478 e. The lowest BCUT2D eigenvalue weighted by Gasteiger charge is -2.36. The molecule has 1 fully saturated rings. The van der Waals surface area contributed by atoms with Crippen LogP contribution in [0.25, 0.3) is 0 Å². The molecule has 3 rings (SSSR count). The van der Waals surface area contributed by atoms with Gasteiger partial charge in [-0.05, 0) is 30.7 Å². The molecule has 0 spiro atoms. The van der Waals surface area contributed by atoms with Crippen molar-refractivity contribution in [1.29, 1.82) is 0 Å². The molecule has 0 amide bonds. The van der Waals surface area contributed by atoms with Gasteiger partial charge in [-0.25, -0.2) is 14.8 Å². The lowest BCUT2D eigenvalue weighted by molar-refractivity contribution is 0.0697. The topological polar surface area (TPSA) is 103 Å². The van der Waals surface area contributed by atoms with Crippen molar-refractivity contribution in [3.8, 4) is 0 Å². The highest BCUT2D eigenvalue weighted by molar-refractivity contribution is 5.96. The number of carboxylic acid groups (broad SMARTS) is 1. The number of hydrogen-bond donors (Lipinski definition) is 2. The van der Waals surface area contributed by atoms with Crippen molar-refractivity contribution in [1.82, 2.24) is 14.9 Å². The maximum Gasteiger partial charge on any atom is 0.335 e. The molecule has 0 aliphatic carbocycles. The first-order chi connectivity index (χ1) is 14.2. The molecule has 1 saturated heterocycles. The van der Waals surface area contributed by atoms with Crippen molar-refractivity contribution in [3.63, 3.8) is 0 Å². The first kappa shape index (κ1) is 20.5. The van der Waals surface area contributed by atoms with E-state index in [0.717, 1.165) is 44.5 Å². The van der Waals surface area contributed by atoms with E-state index in [9.17, 15) is 9.90 Å². The fourth-order valence-electron chi connectivity index (χ4n) is 3.04. The highest BCUT2D eigenvalue weighted by Crippen LogP contribution is 2.14. The van der Waals surface area contributed by atoms with Crippen LogP contribution in [-0.4, -0.2) is 78.3 Å². The van der Waals surface area contributed by atoms with Crippen LogP contribution in [0, 0.1) is 0 Å². The molecule has 0 atom stereocenters. The predicted octanol–water partition coefficient (Wildman–Crippen LogP) is 1.80. The van der Waals surface area contributed by atoms with Gasteiger partial charge in [0.25, 0.3) is 0 Å². The Kier molecular flexibility index (Phi) is 7.34. The molecule has 1 aliphatic heterocycles. The van der Waals surface area contributed by atoms with Crippen molar-refractivity contribution >= 4 is 23.6 Å². The zero-order valence-electron chi connectivity index (χ0n) is 16.5. The lowest BCUT2D eigenvalue weighted by atomic mass is 10.2. The second-order valence-corrected chi connectivity index (χ2v) is 6.59. The number of guanidine groups is 1. The molecule has 1 aliphatic rings. The predicted molar refractivity (Wildman–Crippen MR) is 112 cm³/mol. The number of aliphatic imine (C=N–C) groups is 1. The number of nitrogens with zero attached hydrogens (tertiary/aromatic N) is 5. The Morgan fingerprint density at radius 2 is 1.97 bits per heavy atom. The quantitative estimate of drug-likeness (QED) is 0.413. The molecule has 1 aromatic carbocycles. The van der Waals surface area contributed by atoms with Crippen LogP contribution in [0.5, 0.6) is 0 Å². The highest BCUT2D eigenvalue weighted by Gasteiger charge is 2.21. The van der Waals surface area contributed by atoms with E-state index < -0.39 is 5.97 Å². The Labute approximate surface area is 170 Å². The number of aromatic nitrogens is 2. The van der Waals surface area contributed by atoms with Crippen LogP contribution in [0.15, 0.2) is 47.7 Å². The molecule has 2 heterocycles. The van der Waals surface area contributed by atoms with Crippen molar-refractivity contribution < 1.29 is 14.6 Å². The first-order valence-electron chi connectivity index (χ1n) is 9.58. The highest BCUT2D eigenvalue weighted by atomic mass is 16.5. The first-order valence-corrected chi connectivity index (χ1v) is 9.58. The van der Waals surface area contributed by atoms with Gasteiger partial charge in [0.2, 0.25) is 5.95 Å². The van der Waals surface area contributed by atoms with E-state index in [0.29, 0.717) is 18.8 Å². The van der Waals surface area contributed by atoms with Crippen LogP contribution in [-0.2, 0) is 4.74 Å². The standard InChI is InChI=1S/C20H26N6O3/c1-29-14-4-9-23-20(24-17-6-2-5-16(15-17)18(27)28)26-12-10-25(11-13-26)19-21-7-3-8-22-19/h2-3,5-8,15H,4,9-14H2,1H3,(H,23,24)(H,27,28). The van der Waals surface area contributed by atoms with Crippen LogP contribution in [0.3, 0.4) is 0 Å².